The van der Waals surface area contributed by atoms with Gasteiger partial charge in [-0.25, -0.2) is 15.0 Å². The van der Waals surface area contributed by atoms with Crippen molar-refractivity contribution in [1.82, 2.24) is 19.5 Å². The number of nitrogens with two attached hydrogens (primary N) is 1. The fraction of sp³-hybridized carbons (Fsp3) is 0.500. The first-order chi connectivity index (χ1) is 8.75. The lowest BCUT2D eigenvalue weighted by atomic mass is 10.1. The van der Waals surface area contributed by atoms with Crippen LogP contribution in [0.5, 0.6) is 0 Å². The van der Waals surface area contributed by atoms with Crippen LogP contribution < -0.4 is 5.73 Å². The number of aliphatic hydroxyl groups is 1. The monoisotopic (exact) mass is 249 g/mol. The van der Waals surface area contributed by atoms with Gasteiger partial charge in [-0.3, -0.25) is 4.57 Å². The molecule has 2 aromatic heterocycles. The topological polar surface area (TPSA) is 108 Å². The van der Waals surface area contributed by atoms with Gasteiger partial charge in [-0.2, -0.15) is 0 Å². The van der Waals surface area contributed by atoms with Crippen LogP contribution in [0.1, 0.15) is 6.23 Å². The molecular weight excluding hydrogens is 238 g/mol. The average molecular weight is 249 g/mol. The zero-order chi connectivity index (χ0) is 12.3. The van der Waals surface area contributed by atoms with Gasteiger partial charge in [-0.05, 0) is 0 Å². The van der Waals surface area contributed by atoms with Gasteiger partial charge in [0.2, 0.25) is 0 Å². The van der Waals surface area contributed by atoms with Gasteiger partial charge in [0.25, 0.3) is 0 Å². The number of nitrogens with zero attached hydrogens (tertiary/aromatic N) is 4. The summed E-state index contributed by atoms with van der Waals surface area (Å²) in [6.45, 7) is 0.516. The van der Waals surface area contributed by atoms with Crippen molar-refractivity contribution >= 4 is 17.0 Å². The molecule has 0 spiro atoms. The van der Waals surface area contributed by atoms with Crippen molar-refractivity contribution in [3.05, 3.63) is 12.7 Å². The predicted molar refractivity (Wildman–Crippen MR) is 59.4 cm³/mol. The first-order valence-electron chi connectivity index (χ1n) is 5.64. The molecule has 4 rings (SSSR count). The number of imidazole rings is 1. The second-order valence-corrected chi connectivity index (χ2v) is 4.44. The number of aromatic nitrogens is 4. The largest absolute Gasteiger partial charge is 0.386 e. The molecule has 0 saturated carbocycles. The van der Waals surface area contributed by atoms with Gasteiger partial charge in [-0.15, -0.1) is 0 Å². The molecule has 3 N–H and O–H groups in total. The van der Waals surface area contributed by atoms with Crippen molar-refractivity contribution in [2.75, 3.05) is 12.3 Å². The molecule has 2 fully saturated rings. The van der Waals surface area contributed by atoms with Crippen LogP contribution in [-0.2, 0) is 9.47 Å². The summed E-state index contributed by atoms with van der Waals surface area (Å²) >= 11 is 0. The number of nitrogen functional groups attached to an aromatic ring is 1. The van der Waals surface area contributed by atoms with Gasteiger partial charge >= 0.3 is 0 Å². The number of hydrogen-bond donors (Lipinski definition) is 2. The van der Waals surface area contributed by atoms with Gasteiger partial charge < -0.3 is 20.3 Å². The standard InChI is InChI=1S/C10H11N5O3/c11-8-5-9(13-2-12-8)15(3-14-5)10-6(16)7-4(18-10)1-17-7/h2-4,6-7,10,16H,1H2,(H2,11,12,13)/t4-,6-,7?,10-/m1/s1. The van der Waals surface area contributed by atoms with E-state index in [1.54, 1.807) is 10.9 Å². The highest BCUT2D eigenvalue weighted by Gasteiger charge is 2.51. The summed E-state index contributed by atoms with van der Waals surface area (Å²) in [6, 6.07) is 0. The third-order valence-corrected chi connectivity index (χ3v) is 3.42. The molecule has 94 valence electrons. The SMILES string of the molecule is Nc1ncnc2c1ncn2[C@@H]1O[C@@H]2COC2[C@H]1O. The number of anilines is 1. The molecule has 1 unspecified atom stereocenters. The third-order valence-electron chi connectivity index (χ3n) is 3.42. The van der Waals surface area contributed by atoms with E-state index in [4.69, 9.17) is 15.2 Å². The molecule has 0 radical (unpaired) electrons. The molecule has 4 atom stereocenters. The van der Waals surface area contributed by atoms with E-state index in [2.05, 4.69) is 15.0 Å². The Morgan fingerprint density at radius 1 is 1.39 bits per heavy atom. The minimum absolute atomic E-state index is 0.0540. The van der Waals surface area contributed by atoms with E-state index in [9.17, 15) is 5.11 Å². The van der Waals surface area contributed by atoms with Crippen molar-refractivity contribution in [3.8, 4) is 0 Å². The molecule has 0 aliphatic carbocycles. The minimum Gasteiger partial charge on any atom is -0.386 e. The first-order valence-corrected chi connectivity index (χ1v) is 5.64. The summed E-state index contributed by atoms with van der Waals surface area (Å²) < 4.78 is 12.6. The lowest BCUT2D eigenvalue weighted by Gasteiger charge is -2.29. The molecule has 0 amide bonds. The molecule has 0 aromatic carbocycles. The maximum atomic E-state index is 10.1. The van der Waals surface area contributed by atoms with E-state index in [1.165, 1.54) is 6.33 Å². The van der Waals surface area contributed by atoms with E-state index in [1.807, 2.05) is 0 Å². The highest BCUT2D eigenvalue weighted by Crippen LogP contribution is 2.38. The second-order valence-electron chi connectivity index (χ2n) is 4.44. The van der Waals surface area contributed by atoms with Gasteiger partial charge in [0, 0.05) is 0 Å². The lowest BCUT2D eigenvalue weighted by Crippen LogP contribution is -2.46. The molecule has 4 heterocycles. The summed E-state index contributed by atoms with van der Waals surface area (Å²) in [6.07, 6.45) is 1.34. The van der Waals surface area contributed by atoms with Gasteiger partial charge in [0.1, 0.15) is 30.2 Å². The Kier molecular flexibility index (Phi) is 1.91. The third kappa shape index (κ3) is 1.17. The number of hydrogen-bond acceptors (Lipinski definition) is 7. The maximum Gasteiger partial charge on any atom is 0.167 e. The Morgan fingerprint density at radius 3 is 2.94 bits per heavy atom. The van der Waals surface area contributed by atoms with Crippen molar-refractivity contribution in [2.24, 2.45) is 0 Å². The molecule has 8 nitrogen and oxygen atoms in total. The maximum absolute atomic E-state index is 10.1. The Hall–Kier alpha value is -1.77. The minimum atomic E-state index is -0.725. The summed E-state index contributed by atoms with van der Waals surface area (Å²) in [5.74, 6) is 0.311. The van der Waals surface area contributed by atoms with Crippen LogP contribution in [0.3, 0.4) is 0 Å². The van der Waals surface area contributed by atoms with Crippen molar-refractivity contribution in [2.45, 2.75) is 24.5 Å². The highest BCUT2D eigenvalue weighted by molar-refractivity contribution is 5.81. The number of ether oxygens (including phenoxy) is 2. The summed E-state index contributed by atoms with van der Waals surface area (Å²) in [7, 11) is 0. The fourth-order valence-corrected chi connectivity index (χ4v) is 2.43. The van der Waals surface area contributed by atoms with Gasteiger partial charge in [-0.1, -0.05) is 0 Å². The van der Waals surface area contributed by atoms with Crippen LogP contribution in [0.15, 0.2) is 12.7 Å². The zero-order valence-electron chi connectivity index (χ0n) is 9.30. The number of aliphatic hydroxyl groups excluding tert-OH is 1. The Bertz CT molecular complexity index is 615. The number of rotatable bonds is 1. The van der Waals surface area contributed by atoms with Crippen LogP contribution in [0, 0.1) is 0 Å². The quantitative estimate of drug-likeness (QED) is 0.671. The van der Waals surface area contributed by atoms with Gasteiger partial charge in [0.05, 0.1) is 12.9 Å². The average Bonchev–Trinajstić information content (AvgIpc) is 2.81. The van der Waals surface area contributed by atoms with E-state index < -0.39 is 12.3 Å². The molecule has 2 saturated heterocycles. The van der Waals surface area contributed by atoms with E-state index in [-0.39, 0.29) is 12.2 Å². The van der Waals surface area contributed by atoms with Crippen molar-refractivity contribution < 1.29 is 14.6 Å². The van der Waals surface area contributed by atoms with Crippen LogP contribution in [0.25, 0.3) is 11.2 Å². The Balaban J connectivity index is 1.81. The highest BCUT2D eigenvalue weighted by atomic mass is 16.6. The van der Waals surface area contributed by atoms with Crippen LogP contribution in [-0.4, -0.2) is 49.5 Å². The summed E-state index contributed by atoms with van der Waals surface area (Å²) in [4.78, 5) is 12.1. The molecule has 18 heavy (non-hydrogen) atoms. The molecule has 0 bridgehead atoms. The molecule has 2 aliphatic heterocycles. The first kappa shape index (κ1) is 10.2. The Morgan fingerprint density at radius 2 is 2.28 bits per heavy atom. The van der Waals surface area contributed by atoms with Crippen molar-refractivity contribution in [1.29, 1.82) is 0 Å². The molecular formula is C10H11N5O3. The zero-order valence-corrected chi connectivity index (χ0v) is 9.30. The second kappa shape index (κ2) is 3.37. The van der Waals surface area contributed by atoms with Crippen LogP contribution in [0.4, 0.5) is 5.82 Å². The predicted octanol–water partition coefficient (Wildman–Crippen LogP) is -0.934. The molecule has 2 aromatic rings. The molecule has 2 aliphatic rings. The smallest absolute Gasteiger partial charge is 0.167 e. The van der Waals surface area contributed by atoms with Crippen LogP contribution in [0.2, 0.25) is 0 Å². The van der Waals surface area contributed by atoms with E-state index >= 15 is 0 Å². The van der Waals surface area contributed by atoms with E-state index in [0.717, 1.165) is 0 Å². The van der Waals surface area contributed by atoms with E-state index in [0.29, 0.717) is 23.6 Å². The molecule has 8 heteroatoms. The summed E-state index contributed by atoms with van der Waals surface area (Å²) in [5, 5.41) is 10.1. The normalized spacial score (nSPS) is 34.5. The van der Waals surface area contributed by atoms with Gasteiger partial charge in [0.15, 0.2) is 17.7 Å². The van der Waals surface area contributed by atoms with Crippen molar-refractivity contribution in [3.63, 3.8) is 0 Å². The lowest BCUT2D eigenvalue weighted by molar-refractivity contribution is -0.156. The summed E-state index contributed by atoms with van der Waals surface area (Å²) in [5.41, 5.74) is 6.77. The van der Waals surface area contributed by atoms with Crippen LogP contribution >= 0.6 is 0 Å². The Labute approximate surface area is 101 Å². The fourth-order valence-electron chi connectivity index (χ4n) is 2.43. The number of fused-ring (bicyclic) bond motifs is 2.